The van der Waals surface area contributed by atoms with Crippen LogP contribution >= 0.6 is 0 Å². The zero-order valence-electron chi connectivity index (χ0n) is 22.9. The van der Waals surface area contributed by atoms with E-state index in [0.717, 1.165) is 13.2 Å². The summed E-state index contributed by atoms with van der Waals surface area (Å²) in [5.41, 5.74) is 0. The van der Waals surface area contributed by atoms with Crippen LogP contribution < -0.4 is 0 Å². The standard InChI is InChI=1S/C31H64O/c1-3-5-7-9-11-13-14-15-16-17-18-19-20-21-23-25-27-29-31-32-30-28-26-24-22-12-10-8-6-4-2/h3-31H2,1-2H3. The highest BCUT2D eigenvalue weighted by atomic mass is 16.5. The summed E-state index contributed by atoms with van der Waals surface area (Å²) in [6.45, 7) is 6.59. The van der Waals surface area contributed by atoms with Gasteiger partial charge in [-0.2, -0.15) is 0 Å². The molecule has 0 saturated heterocycles. The molecule has 0 aromatic rings. The van der Waals surface area contributed by atoms with Crippen molar-refractivity contribution in [2.75, 3.05) is 13.2 Å². The summed E-state index contributed by atoms with van der Waals surface area (Å²) in [5.74, 6) is 0. The van der Waals surface area contributed by atoms with E-state index >= 15 is 0 Å². The lowest BCUT2D eigenvalue weighted by Gasteiger charge is -2.05. The molecule has 0 amide bonds. The fraction of sp³-hybridized carbons (Fsp3) is 1.00. The first-order chi connectivity index (χ1) is 15.9. The highest BCUT2D eigenvalue weighted by molar-refractivity contribution is 4.51. The Hall–Kier alpha value is -0.0400. The molecule has 32 heavy (non-hydrogen) atoms. The minimum atomic E-state index is 0.995. The molecule has 0 aliphatic heterocycles. The maximum absolute atomic E-state index is 5.82. The molecule has 0 radical (unpaired) electrons. The van der Waals surface area contributed by atoms with Gasteiger partial charge in [0.15, 0.2) is 0 Å². The molecule has 0 heterocycles. The van der Waals surface area contributed by atoms with Crippen LogP contribution in [0.5, 0.6) is 0 Å². The number of rotatable bonds is 29. The molecule has 0 N–H and O–H groups in total. The van der Waals surface area contributed by atoms with Crippen molar-refractivity contribution >= 4 is 0 Å². The van der Waals surface area contributed by atoms with Crippen LogP contribution in [0.15, 0.2) is 0 Å². The molecule has 1 heteroatoms. The fourth-order valence-corrected chi connectivity index (χ4v) is 4.72. The number of hydrogen-bond acceptors (Lipinski definition) is 1. The molecule has 0 spiro atoms. The molecule has 0 aromatic heterocycles. The van der Waals surface area contributed by atoms with Gasteiger partial charge in [0.1, 0.15) is 0 Å². The van der Waals surface area contributed by atoms with Gasteiger partial charge >= 0.3 is 0 Å². The van der Waals surface area contributed by atoms with Crippen LogP contribution in [-0.4, -0.2) is 13.2 Å². The number of unbranched alkanes of at least 4 members (excludes halogenated alkanes) is 25. The fourth-order valence-electron chi connectivity index (χ4n) is 4.72. The molecular formula is C31H64O. The van der Waals surface area contributed by atoms with E-state index < -0.39 is 0 Å². The Morgan fingerprint density at radius 2 is 0.438 bits per heavy atom. The van der Waals surface area contributed by atoms with Gasteiger partial charge in [-0.3, -0.25) is 0 Å². The Labute approximate surface area is 205 Å². The normalized spacial score (nSPS) is 11.4. The maximum atomic E-state index is 5.82. The van der Waals surface area contributed by atoms with E-state index in [1.165, 1.54) is 173 Å². The van der Waals surface area contributed by atoms with Crippen LogP contribution in [-0.2, 0) is 4.74 Å². The van der Waals surface area contributed by atoms with Gasteiger partial charge in [-0.15, -0.1) is 0 Å². The first-order valence-corrected chi connectivity index (χ1v) is 15.5. The predicted molar refractivity (Wildman–Crippen MR) is 147 cm³/mol. The van der Waals surface area contributed by atoms with Crippen molar-refractivity contribution in [1.29, 1.82) is 0 Å². The minimum Gasteiger partial charge on any atom is -0.381 e. The molecule has 0 aromatic carbocycles. The lowest BCUT2D eigenvalue weighted by Crippen LogP contribution is -1.97. The molecule has 0 rings (SSSR count). The summed E-state index contributed by atoms with van der Waals surface area (Å²) in [6, 6.07) is 0. The summed E-state index contributed by atoms with van der Waals surface area (Å²) in [5, 5.41) is 0. The van der Waals surface area contributed by atoms with E-state index in [2.05, 4.69) is 13.8 Å². The molecule has 0 fully saturated rings. The SMILES string of the molecule is CCCCCCCCCCCCCCCCCCCCOCCCCCCCCCCC. The molecule has 1 nitrogen and oxygen atoms in total. The third-order valence-electron chi connectivity index (χ3n) is 7.03. The molecule has 0 bridgehead atoms. The molecule has 194 valence electrons. The minimum absolute atomic E-state index is 0.995. The van der Waals surface area contributed by atoms with Crippen LogP contribution in [0.25, 0.3) is 0 Å². The smallest absolute Gasteiger partial charge is 0.0466 e. The molecule has 0 atom stereocenters. The zero-order valence-corrected chi connectivity index (χ0v) is 22.9. The maximum Gasteiger partial charge on any atom is 0.0466 e. The van der Waals surface area contributed by atoms with E-state index in [0.29, 0.717) is 0 Å². The van der Waals surface area contributed by atoms with Crippen molar-refractivity contribution in [3.63, 3.8) is 0 Å². The second-order valence-electron chi connectivity index (χ2n) is 10.5. The third kappa shape index (κ3) is 30.0. The van der Waals surface area contributed by atoms with Crippen molar-refractivity contribution in [3.8, 4) is 0 Å². The summed E-state index contributed by atoms with van der Waals surface area (Å²) in [4.78, 5) is 0. The van der Waals surface area contributed by atoms with Gasteiger partial charge in [-0.25, -0.2) is 0 Å². The molecule has 0 aliphatic rings. The van der Waals surface area contributed by atoms with E-state index in [9.17, 15) is 0 Å². The van der Waals surface area contributed by atoms with Crippen LogP contribution in [0, 0.1) is 0 Å². The second kappa shape index (κ2) is 31.0. The largest absolute Gasteiger partial charge is 0.381 e. The van der Waals surface area contributed by atoms with E-state index in [1.54, 1.807) is 0 Å². The van der Waals surface area contributed by atoms with Gasteiger partial charge in [-0.05, 0) is 12.8 Å². The van der Waals surface area contributed by atoms with Gasteiger partial charge in [0.25, 0.3) is 0 Å². The molecule has 0 saturated carbocycles. The van der Waals surface area contributed by atoms with E-state index in [1.807, 2.05) is 0 Å². The Morgan fingerprint density at radius 3 is 0.656 bits per heavy atom. The lowest BCUT2D eigenvalue weighted by molar-refractivity contribution is 0.125. The Bertz CT molecular complexity index is 271. The monoisotopic (exact) mass is 452 g/mol. The van der Waals surface area contributed by atoms with Crippen LogP contribution in [0.1, 0.15) is 187 Å². The van der Waals surface area contributed by atoms with Gasteiger partial charge in [0, 0.05) is 13.2 Å². The summed E-state index contributed by atoms with van der Waals surface area (Å²) in [7, 11) is 0. The van der Waals surface area contributed by atoms with Crippen LogP contribution in [0.3, 0.4) is 0 Å². The predicted octanol–water partition coefficient (Wildman–Crippen LogP) is 11.6. The van der Waals surface area contributed by atoms with Crippen molar-refractivity contribution in [3.05, 3.63) is 0 Å². The summed E-state index contributed by atoms with van der Waals surface area (Å²) in [6.07, 6.45) is 38.6. The van der Waals surface area contributed by atoms with E-state index in [-0.39, 0.29) is 0 Å². The average Bonchev–Trinajstić information content (AvgIpc) is 2.81. The van der Waals surface area contributed by atoms with Crippen molar-refractivity contribution < 1.29 is 4.74 Å². The van der Waals surface area contributed by atoms with Crippen LogP contribution in [0.2, 0.25) is 0 Å². The van der Waals surface area contributed by atoms with Gasteiger partial charge in [-0.1, -0.05) is 174 Å². The topological polar surface area (TPSA) is 9.23 Å². The van der Waals surface area contributed by atoms with E-state index in [4.69, 9.17) is 4.74 Å². The average molecular weight is 453 g/mol. The Kier molecular flexibility index (Phi) is 30.9. The Balaban J connectivity index is 2.98. The zero-order chi connectivity index (χ0) is 23.2. The molecular weight excluding hydrogens is 388 g/mol. The van der Waals surface area contributed by atoms with Gasteiger partial charge in [0.2, 0.25) is 0 Å². The third-order valence-corrected chi connectivity index (χ3v) is 7.03. The highest BCUT2D eigenvalue weighted by Crippen LogP contribution is 2.14. The van der Waals surface area contributed by atoms with Crippen LogP contribution in [0.4, 0.5) is 0 Å². The molecule has 0 aliphatic carbocycles. The first kappa shape index (κ1) is 32.0. The van der Waals surface area contributed by atoms with Gasteiger partial charge in [0.05, 0.1) is 0 Å². The lowest BCUT2D eigenvalue weighted by atomic mass is 10.0. The van der Waals surface area contributed by atoms with Crippen molar-refractivity contribution in [2.24, 2.45) is 0 Å². The first-order valence-electron chi connectivity index (χ1n) is 15.5. The highest BCUT2D eigenvalue weighted by Gasteiger charge is 1.96. The molecule has 0 unspecified atom stereocenters. The summed E-state index contributed by atoms with van der Waals surface area (Å²) >= 11 is 0. The van der Waals surface area contributed by atoms with Gasteiger partial charge < -0.3 is 4.74 Å². The van der Waals surface area contributed by atoms with Crippen molar-refractivity contribution in [1.82, 2.24) is 0 Å². The summed E-state index contributed by atoms with van der Waals surface area (Å²) < 4.78 is 5.82. The second-order valence-corrected chi connectivity index (χ2v) is 10.5. The Morgan fingerprint density at radius 1 is 0.250 bits per heavy atom. The number of ether oxygens (including phenoxy) is 1. The number of hydrogen-bond donors (Lipinski definition) is 0. The van der Waals surface area contributed by atoms with Crippen molar-refractivity contribution in [2.45, 2.75) is 187 Å². The quantitative estimate of drug-likeness (QED) is 0.102.